The number of hydrogen-bond acceptors (Lipinski definition) is 6. The molecule has 3 rings (SSSR count). The predicted octanol–water partition coefficient (Wildman–Crippen LogP) is 2.58. The second-order valence-electron chi connectivity index (χ2n) is 6.92. The Bertz CT molecular complexity index is 978. The van der Waals surface area contributed by atoms with Crippen LogP contribution < -0.4 is 19.1 Å². The molecule has 0 radical (unpaired) electrons. The van der Waals surface area contributed by atoms with Gasteiger partial charge in [0.2, 0.25) is 0 Å². The van der Waals surface area contributed by atoms with E-state index in [1.54, 1.807) is 36.4 Å². The smallest absolute Gasteiger partial charge is 0.264 e. The van der Waals surface area contributed by atoms with E-state index in [4.69, 9.17) is 14.2 Å². The molecule has 2 aromatic rings. The van der Waals surface area contributed by atoms with Crippen LogP contribution in [0.2, 0.25) is 0 Å². The summed E-state index contributed by atoms with van der Waals surface area (Å²) >= 11 is 0. The molecule has 0 spiro atoms. The Labute approximate surface area is 183 Å². The lowest BCUT2D eigenvalue weighted by atomic mass is 10.2. The molecule has 9 heteroatoms. The summed E-state index contributed by atoms with van der Waals surface area (Å²) in [6.45, 7) is 5.69. The molecule has 1 aliphatic rings. The van der Waals surface area contributed by atoms with Gasteiger partial charge in [-0.2, -0.15) is 0 Å². The first-order chi connectivity index (χ1) is 15.0. The van der Waals surface area contributed by atoms with Crippen LogP contribution in [0.3, 0.4) is 0 Å². The summed E-state index contributed by atoms with van der Waals surface area (Å²) in [7, 11) is -3.92. The maximum atomic E-state index is 13.4. The van der Waals surface area contributed by atoms with Gasteiger partial charge in [0.15, 0.2) is 6.10 Å². The number of para-hydroxylation sites is 2. The SMILES string of the molecule is CCCNC(=O)C1CN(S(=O)(=O)c2ccc(OCCOCC)cc2)c2ccccc2O1. The summed E-state index contributed by atoms with van der Waals surface area (Å²) in [4.78, 5) is 12.6. The molecule has 0 aliphatic carbocycles. The fraction of sp³-hybridized carbons (Fsp3) is 0.409. The number of sulfonamides is 1. The topological polar surface area (TPSA) is 94.2 Å². The van der Waals surface area contributed by atoms with Crippen molar-refractivity contribution in [2.75, 3.05) is 37.2 Å². The Morgan fingerprint density at radius 2 is 1.87 bits per heavy atom. The van der Waals surface area contributed by atoms with Gasteiger partial charge in [-0.15, -0.1) is 0 Å². The normalized spacial score (nSPS) is 15.7. The van der Waals surface area contributed by atoms with E-state index in [2.05, 4.69) is 5.32 Å². The van der Waals surface area contributed by atoms with Crippen molar-refractivity contribution >= 4 is 21.6 Å². The molecule has 0 saturated heterocycles. The molecule has 8 nitrogen and oxygen atoms in total. The number of anilines is 1. The zero-order chi connectivity index (χ0) is 22.3. The van der Waals surface area contributed by atoms with Crippen LogP contribution in [0.15, 0.2) is 53.4 Å². The van der Waals surface area contributed by atoms with Crippen molar-refractivity contribution < 1.29 is 27.4 Å². The third kappa shape index (κ3) is 5.48. The number of rotatable bonds is 10. The van der Waals surface area contributed by atoms with E-state index in [1.807, 2.05) is 13.8 Å². The highest BCUT2D eigenvalue weighted by atomic mass is 32.2. The Kier molecular flexibility index (Phi) is 7.75. The van der Waals surface area contributed by atoms with Crippen LogP contribution in [0, 0.1) is 0 Å². The number of amides is 1. The average Bonchev–Trinajstić information content (AvgIpc) is 2.79. The van der Waals surface area contributed by atoms with Crippen molar-refractivity contribution in [3.63, 3.8) is 0 Å². The lowest BCUT2D eigenvalue weighted by Crippen LogP contribution is -2.50. The van der Waals surface area contributed by atoms with Crippen LogP contribution in [-0.4, -0.2) is 53.3 Å². The molecule has 0 aromatic heterocycles. The number of carbonyl (C=O) groups excluding carboxylic acids is 1. The largest absolute Gasteiger partial charge is 0.491 e. The second-order valence-corrected chi connectivity index (χ2v) is 8.78. The third-order valence-corrected chi connectivity index (χ3v) is 6.48. The molecule has 2 aromatic carbocycles. The minimum Gasteiger partial charge on any atom is -0.491 e. The standard InChI is InChI=1S/C22H28N2O6S/c1-3-13-23-22(25)21-16-24(19-7-5-6-8-20(19)30-21)31(26,27)18-11-9-17(10-12-18)29-15-14-28-4-2/h5-12,21H,3-4,13-16H2,1-2H3,(H,23,25). The number of fused-ring (bicyclic) bond motifs is 1. The molecule has 31 heavy (non-hydrogen) atoms. The van der Waals surface area contributed by atoms with Gasteiger partial charge in [0.25, 0.3) is 15.9 Å². The fourth-order valence-electron chi connectivity index (χ4n) is 3.13. The van der Waals surface area contributed by atoms with Gasteiger partial charge < -0.3 is 19.5 Å². The van der Waals surface area contributed by atoms with Gasteiger partial charge in [0.05, 0.1) is 23.7 Å². The summed E-state index contributed by atoms with van der Waals surface area (Å²) in [5.41, 5.74) is 0.402. The summed E-state index contributed by atoms with van der Waals surface area (Å²) in [6, 6.07) is 13.0. The van der Waals surface area contributed by atoms with E-state index >= 15 is 0 Å². The van der Waals surface area contributed by atoms with Gasteiger partial charge >= 0.3 is 0 Å². The quantitative estimate of drug-likeness (QED) is 0.562. The van der Waals surface area contributed by atoms with E-state index in [-0.39, 0.29) is 17.3 Å². The van der Waals surface area contributed by atoms with Crippen molar-refractivity contribution in [1.82, 2.24) is 5.32 Å². The van der Waals surface area contributed by atoms with Crippen LogP contribution in [0.5, 0.6) is 11.5 Å². The summed E-state index contributed by atoms with van der Waals surface area (Å²) in [5.74, 6) is 0.567. The molecule has 1 N–H and O–H groups in total. The number of nitrogens with zero attached hydrogens (tertiary/aromatic N) is 1. The van der Waals surface area contributed by atoms with E-state index in [0.717, 1.165) is 6.42 Å². The van der Waals surface area contributed by atoms with Crippen LogP contribution in [0.25, 0.3) is 0 Å². The second kappa shape index (κ2) is 10.5. The summed E-state index contributed by atoms with van der Waals surface area (Å²) in [6.07, 6.45) is -0.159. The van der Waals surface area contributed by atoms with Gasteiger partial charge in [-0.05, 0) is 49.7 Å². The molecular formula is C22H28N2O6S. The molecule has 0 bridgehead atoms. The van der Waals surface area contributed by atoms with Crippen molar-refractivity contribution in [3.05, 3.63) is 48.5 Å². The van der Waals surface area contributed by atoms with E-state index in [9.17, 15) is 13.2 Å². The Morgan fingerprint density at radius 1 is 1.13 bits per heavy atom. The van der Waals surface area contributed by atoms with Crippen molar-refractivity contribution in [1.29, 1.82) is 0 Å². The maximum Gasteiger partial charge on any atom is 0.264 e. The molecule has 168 valence electrons. The first kappa shape index (κ1) is 22.9. The highest BCUT2D eigenvalue weighted by Gasteiger charge is 2.37. The summed E-state index contributed by atoms with van der Waals surface area (Å²) in [5, 5.41) is 2.77. The van der Waals surface area contributed by atoms with Gasteiger partial charge in [-0.25, -0.2) is 8.42 Å². The van der Waals surface area contributed by atoms with Crippen molar-refractivity contribution in [3.8, 4) is 11.5 Å². The van der Waals surface area contributed by atoms with Gasteiger partial charge in [0.1, 0.15) is 18.1 Å². The van der Waals surface area contributed by atoms with Crippen LogP contribution >= 0.6 is 0 Å². The highest BCUT2D eigenvalue weighted by Crippen LogP contribution is 2.37. The number of hydrogen-bond donors (Lipinski definition) is 1. The number of carbonyl (C=O) groups is 1. The fourth-order valence-corrected chi connectivity index (χ4v) is 4.60. The molecule has 1 unspecified atom stereocenters. The maximum absolute atomic E-state index is 13.4. The lowest BCUT2D eigenvalue weighted by Gasteiger charge is -2.34. The monoisotopic (exact) mass is 448 g/mol. The van der Waals surface area contributed by atoms with Gasteiger partial charge in [-0.3, -0.25) is 9.10 Å². The Balaban J connectivity index is 1.82. The molecule has 1 atom stereocenters. The molecule has 1 amide bonds. The minimum absolute atomic E-state index is 0.106. The number of nitrogens with one attached hydrogen (secondary N) is 1. The average molecular weight is 449 g/mol. The highest BCUT2D eigenvalue weighted by molar-refractivity contribution is 7.92. The zero-order valence-corrected chi connectivity index (χ0v) is 18.6. The zero-order valence-electron chi connectivity index (χ0n) is 17.7. The van der Waals surface area contributed by atoms with E-state index < -0.39 is 16.1 Å². The number of ether oxygens (including phenoxy) is 3. The molecule has 1 heterocycles. The van der Waals surface area contributed by atoms with Crippen LogP contribution in [0.4, 0.5) is 5.69 Å². The molecule has 0 fully saturated rings. The van der Waals surface area contributed by atoms with Gasteiger partial charge in [0, 0.05) is 13.2 Å². The van der Waals surface area contributed by atoms with E-state index in [1.165, 1.54) is 16.4 Å². The minimum atomic E-state index is -3.92. The van der Waals surface area contributed by atoms with E-state index in [0.29, 0.717) is 43.6 Å². The van der Waals surface area contributed by atoms with Crippen molar-refractivity contribution in [2.24, 2.45) is 0 Å². The predicted molar refractivity (Wildman–Crippen MR) is 117 cm³/mol. The molecule has 0 saturated carbocycles. The Hall–Kier alpha value is -2.78. The Morgan fingerprint density at radius 3 is 2.58 bits per heavy atom. The van der Waals surface area contributed by atoms with Crippen molar-refractivity contribution in [2.45, 2.75) is 31.3 Å². The lowest BCUT2D eigenvalue weighted by molar-refractivity contribution is -0.127. The third-order valence-electron chi connectivity index (χ3n) is 4.69. The van der Waals surface area contributed by atoms with Gasteiger partial charge in [-0.1, -0.05) is 19.1 Å². The first-order valence-electron chi connectivity index (χ1n) is 10.3. The molecule has 1 aliphatic heterocycles. The summed E-state index contributed by atoms with van der Waals surface area (Å²) < 4.78 is 44.6. The molecular weight excluding hydrogens is 420 g/mol. The first-order valence-corrected chi connectivity index (χ1v) is 11.8. The van der Waals surface area contributed by atoms with Crippen LogP contribution in [-0.2, 0) is 19.6 Å². The van der Waals surface area contributed by atoms with Crippen LogP contribution in [0.1, 0.15) is 20.3 Å². The number of benzene rings is 2.